The monoisotopic (exact) mass is 455 g/mol. The normalized spacial score (nSPS) is 19.2. The molecule has 1 aromatic heterocycles. The van der Waals surface area contributed by atoms with E-state index in [1.165, 1.54) is 32.4 Å². The highest BCUT2D eigenvalue weighted by Crippen LogP contribution is 2.46. The molecule has 10 nitrogen and oxygen atoms in total. The number of aromatic nitrogens is 1. The maximum absolute atomic E-state index is 12.7. The predicted molar refractivity (Wildman–Crippen MR) is 113 cm³/mol. The van der Waals surface area contributed by atoms with E-state index in [4.69, 9.17) is 14.2 Å². The number of hydrogen-bond donors (Lipinski definition) is 5. The van der Waals surface area contributed by atoms with Crippen molar-refractivity contribution in [2.24, 2.45) is 0 Å². The summed E-state index contributed by atoms with van der Waals surface area (Å²) in [4.78, 5) is 16.8. The Hall–Kier alpha value is -4.02. The highest BCUT2D eigenvalue weighted by atomic mass is 16.6. The molecule has 0 fully saturated rings. The number of methoxy groups -OCH3 is 1. The number of ketones is 1. The van der Waals surface area contributed by atoms with Gasteiger partial charge in [-0.05, 0) is 24.3 Å². The zero-order valence-corrected chi connectivity index (χ0v) is 17.6. The molecule has 1 aliphatic rings. The van der Waals surface area contributed by atoms with Crippen molar-refractivity contribution >= 4 is 5.78 Å². The molecular formula is C23H21NO9. The van der Waals surface area contributed by atoms with E-state index in [-0.39, 0.29) is 39.8 Å². The van der Waals surface area contributed by atoms with Crippen LogP contribution in [0.3, 0.4) is 0 Å². The summed E-state index contributed by atoms with van der Waals surface area (Å²) in [6, 6.07) is 9.47. The molecule has 5 N–H and O–H groups in total. The third-order valence-corrected chi connectivity index (χ3v) is 5.16. The van der Waals surface area contributed by atoms with Crippen molar-refractivity contribution in [3.8, 4) is 34.5 Å². The lowest BCUT2D eigenvalue weighted by atomic mass is 9.92. The van der Waals surface area contributed by atoms with Crippen molar-refractivity contribution in [2.45, 2.75) is 24.9 Å². The van der Waals surface area contributed by atoms with Crippen LogP contribution in [0.2, 0.25) is 0 Å². The van der Waals surface area contributed by atoms with E-state index in [1.54, 1.807) is 18.2 Å². The predicted octanol–water partition coefficient (Wildman–Crippen LogP) is 2.13. The number of fused-ring (bicyclic) bond motifs is 1. The van der Waals surface area contributed by atoms with Crippen LogP contribution in [0.25, 0.3) is 0 Å². The first-order valence-corrected chi connectivity index (χ1v) is 9.81. The maximum atomic E-state index is 12.7. The average Bonchev–Trinajstić information content (AvgIpc) is 2.76. The van der Waals surface area contributed by atoms with E-state index in [2.05, 4.69) is 4.98 Å². The average molecular weight is 455 g/mol. The Morgan fingerprint density at radius 1 is 1.09 bits per heavy atom. The molecule has 33 heavy (non-hydrogen) atoms. The van der Waals surface area contributed by atoms with E-state index < -0.39 is 35.3 Å². The summed E-state index contributed by atoms with van der Waals surface area (Å²) >= 11 is 0. The van der Waals surface area contributed by atoms with Gasteiger partial charge in [0.15, 0.2) is 23.7 Å². The fraction of sp³-hybridized carbons (Fsp3) is 0.217. The second kappa shape index (κ2) is 8.15. The molecule has 0 spiro atoms. The molecule has 2 heterocycles. The van der Waals surface area contributed by atoms with Crippen LogP contribution in [-0.4, -0.2) is 49.5 Å². The van der Waals surface area contributed by atoms with E-state index >= 15 is 0 Å². The molecule has 3 unspecified atom stereocenters. The van der Waals surface area contributed by atoms with Gasteiger partial charge in [-0.1, -0.05) is 6.07 Å². The number of carbonyl (C=O) groups is 1. The third kappa shape index (κ3) is 3.97. The molecule has 10 heteroatoms. The Bertz CT molecular complexity index is 1210. The second-order valence-corrected chi connectivity index (χ2v) is 7.56. The molecular weight excluding hydrogens is 434 g/mol. The Kier molecular flexibility index (Phi) is 5.48. The SMILES string of the molecule is COc1c(O)cc(C2Oc3cc(O)cc(O)c3C(=O)C2O)cc1OC(C)(O)c1ccccn1. The lowest BCUT2D eigenvalue weighted by Crippen LogP contribution is -2.36. The largest absolute Gasteiger partial charge is 0.508 e. The van der Waals surface area contributed by atoms with Crippen LogP contribution in [-0.2, 0) is 5.79 Å². The van der Waals surface area contributed by atoms with Gasteiger partial charge in [0.05, 0.1) is 7.11 Å². The number of benzene rings is 2. The first-order chi connectivity index (χ1) is 15.6. The quantitative estimate of drug-likeness (QED) is 0.361. The summed E-state index contributed by atoms with van der Waals surface area (Å²) in [5, 5.41) is 51.7. The maximum Gasteiger partial charge on any atom is 0.249 e. The molecule has 0 amide bonds. The molecule has 0 radical (unpaired) electrons. The second-order valence-electron chi connectivity index (χ2n) is 7.56. The van der Waals surface area contributed by atoms with Crippen molar-refractivity contribution in [2.75, 3.05) is 7.11 Å². The molecule has 0 saturated carbocycles. The van der Waals surface area contributed by atoms with Gasteiger partial charge in [-0.25, -0.2) is 0 Å². The lowest BCUT2D eigenvalue weighted by Gasteiger charge is -2.31. The van der Waals surface area contributed by atoms with Gasteiger partial charge >= 0.3 is 0 Å². The number of Topliss-reactive ketones (excluding diaryl/α,β-unsaturated/α-hetero) is 1. The number of aromatic hydroxyl groups is 3. The summed E-state index contributed by atoms with van der Waals surface area (Å²) in [6.45, 7) is 1.34. The number of carbonyl (C=O) groups excluding carboxylic acids is 1. The van der Waals surface area contributed by atoms with Gasteiger partial charge in [0.1, 0.15) is 28.5 Å². The van der Waals surface area contributed by atoms with Gasteiger partial charge in [-0.2, -0.15) is 0 Å². The molecule has 3 atom stereocenters. The van der Waals surface area contributed by atoms with Crippen LogP contribution in [0.1, 0.15) is 34.6 Å². The third-order valence-electron chi connectivity index (χ3n) is 5.16. The van der Waals surface area contributed by atoms with Crippen molar-refractivity contribution in [1.82, 2.24) is 4.98 Å². The van der Waals surface area contributed by atoms with Gasteiger partial charge in [-0.15, -0.1) is 0 Å². The first-order valence-electron chi connectivity index (χ1n) is 9.81. The minimum absolute atomic E-state index is 0.106. The van der Waals surface area contributed by atoms with E-state index in [0.29, 0.717) is 0 Å². The summed E-state index contributed by atoms with van der Waals surface area (Å²) < 4.78 is 16.6. The van der Waals surface area contributed by atoms with Crippen molar-refractivity contribution in [3.63, 3.8) is 0 Å². The van der Waals surface area contributed by atoms with Crippen LogP contribution in [0.4, 0.5) is 0 Å². The molecule has 4 rings (SSSR count). The Morgan fingerprint density at radius 2 is 1.85 bits per heavy atom. The van der Waals surface area contributed by atoms with Crippen molar-refractivity contribution in [3.05, 3.63) is 65.5 Å². The number of nitrogens with zero attached hydrogens (tertiary/aromatic N) is 1. The fourth-order valence-corrected chi connectivity index (χ4v) is 3.62. The molecule has 172 valence electrons. The van der Waals surface area contributed by atoms with Crippen LogP contribution in [0.15, 0.2) is 48.7 Å². The van der Waals surface area contributed by atoms with Gasteiger partial charge < -0.3 is 39.7 Å². The zero-order valence-electron chi connectivity index (χ0n) is 17.6. The van der Waals surface area contributed by atoms with Gasteiger partial charge in [0.2, 0.25) is 17.3 Å². The van der Waals surface area contributed by atoms with Crippen molar-refractivity contribution in [1.29, 1.82) is 0 Å². The van der Waals surface area contributed by atoms with Gasteiger partial charge in [0.25, 0.3) is 0 Å². The Morgan fingerprint density at radius 3 is 2.52 bits per heavy atom. The molecule has 2 aromatic carbocycles. The molecule has 3 aromatic rings. The highest BCUT2D eigenvalue weighted by molar-refractivity contribution is 6.05. The van der Waals surface area contributed by atoms with Crippen LogP contribution in [0.5, 0.6) is 34.5 Å². The number of ether oxygens (including phenoxy) is 3. The summed E-state index contributed by atoms with van der Waals surface area (Å²) in [6.07, 6.45) is -1.60. The highest BCUT2D eigenvalue weighted by Gasteiger charge is 2.40. The number of hydrogen-bond acceptors (Lipinski definition) is 10. The number of pyridine rings is 1. The lowest BCUT2D eigenvalue weighted by molar-refractivity contribution is -0.133. The molecule has 0 bridgehead atoms. The fourth-order valence-electron chi connectivity index (χ4n) is 3.62. The van der Waals surface area contributed by atoms with E-state index in [0.717, 1.165) is 12.1 Å². The van der Waals surface area contributed by atoms with Crippen LogP contribution >= 0.6 is 0 Å². The van der Waals surface area contributed by atoms with Crippen LogP contribution in [0, 0.1) is 0 Å². The number of phenolic OH excluding ortho intramolecular Hbond substituents is 3. The van der Waals surface area contributed by atoms with Crippen molar-refractivity contribution < 1.29 is 44.5 Å². The van der Waals surface area contributed by atoms with Gasteiger partial charge in [0, 0.05) is 30.8 Å². The molecule has 0 aliphatic carbocycles. The van der Waals surface area contributed by atoms with Crippen LogP contribution < -0.4 is 14.2 Å². The topological polar surface area (TPSA) is 159 Å². The minimum Gasteiger partial charge on any atom is -0.508 e. The van der Waals surface area contributed by atoms with Gasteiger partial charge in [-0.3, -0.25) is 9.78 Å². The Balaban J connectivity index is 1.76. The standard InChI is InChI=1S/C23H21NO9/c1-23(30,17-5-3-4-6-24-17)33-16-8-11(7-14(27)22(16)31-2)21-20(29)19(28)18-13(26)9-12(25)10-15(18)32-21/h3-10,20-21,25-27,29-30H,1-2H3. The number of aliphatic hydroxyl groups excluding tert-OH is 1. The number of phenols is 3. The Labute approximate surface area is 187 Å². The number of rotatable bonds is 5. The molecule has 1 aliphatic heterocycles. The zero-order chi connectivity index (χ0) is 23.9. The first kappa shape index (κ1) is 22.2. The summed E-state index contributed by atoms with van der Waals surface area (Å²) in [5.41, 5.74) is 0.0132. The smallest absolute Gasteiger partial charge is 0.249 e. The van der Waals surface area contributed by atoms with E-state index in [1.807, 2.05) is 0 Å². The summed E-state index contributed by atoms with van der Waals surface area (Å²) in [5.74, 6) is -4.43. The number of aliphatic hydroxyl groups is 2. The minimum atomic E-state index is -1.92. The summed E-state index contributed by atoms with van der Waals surface area (Å²) in [7, 11) is 1.29. The molecule has 0 saturated heterocycles. The van der Waals surface area contributed by atoms with E-state index in [9.17, 15) is 30.3 Å².